The highest BCUT2D eigenvalue weighted by molar-refractivity contribution is 8.18. The molecule has 4 rings (SSSR count). The number of halogens is 1. The van der Waals surface area contributed by atoms with Crippen LogP contribution in [0.15, 0.2) is 65.6 Å². The van der Waals surface area contributed by atoms with Crippen molar-refractivity contribution in [3.63, 3.8) is 0 Å². The molecule has 33 heavy (non-hydrogen) atoms. The largest absolute Gasteiger partial charge is 0.493 e. The van der Waals surface area contributed by atoms with Gasteiger partial charge in [-0.25, -0.2) is 0 Å². The van der Waals surface area contributed by atoms with Crippen LogP contribution >= 0.6 is 23.4 Å². The minimum absolute atomic E-state index is 0.247. The van der Waals surface area contributed by atoms with E-state index in [4.69, 9.17) is 16.3 Å². The number of carbonyl (C=O) groups excluding carboxylic acids is 3. The number of rotatable bonds is 7. The van der Waals surface area contributed by atoms with Gasteiger partial charge in [-0.2, -0.15) is 0 Å². The lowest BCUT2D eigenvalue weighted by Crippen LogP contribution is -2.36. The molecule has 168 valence electrons. The Morgan fingerprint density at radius 1 is 1.09 bits per heavy atom. The molecule has 0 atom stereocenters. The van der Waals surface area contributed by atoms with Crippen LogP contribution < -0.4 is 10.1 Å². The molecule has 3 amide bonds. The number of thioether (sulfide) groups is 1. The summed E-state index contributed by atoms with van der Waals surface area (Å²) in [5, 5.41) is 4.63. The Morgan fingerprint density at radius 3 is 2.61 bits per heavy atom. The molecule has 1 fully saturated rings. The smallest absolute Gasteiger partial charge is 0.294 e. The summed E-state index contributed by atoms with van der Waals surface area (Å²) >= 11 is 6.67. The van der Waals surface area contributed by atoms with E-state index in [1.807, 2.05) is 43.3 Å². The summed E-state index contributed by atoms with van der Waals surface area (Å²) in [6.07, 6.45) is 2.51. The second-order valence-electron chi connectivity index (χ2n) is 7.37. The third-order valence-corrected chi connectivity index (χ3v) is 6.13. The summed E-state index contributed by atoms with van der Waals surface area (Å²) in [5.74, 6) is -0.341. The Kier molecular flexibility index (Phi) is 7.01. The van der Waals surface area contributed by atoms with Crippen molar-refractivity contribution in [2.45, 2.75) is 13.3 Å². The Morgan fingerprint density at radius 2 is 1.85 bits per heavy atom. The van der Waals surface area contributed by atoms with Gasteiger partial charge in [0.1, 0.15) is 12.3 Å². The number of nitrogens with zero attached hydrogens (tertiary/aromatic N) is 1. The Bertz CT molecular complexity index is 1260. The van der Waals surface area contributed by atoms with Crippen molar-refractivity contribution in [3.8, 4) is 5.75 Å². The van der Waals surface area contributed by atoms with Gasteiger partial charge < -0.3 is 10.1 Å². The number of amides is 3. The molecule has 6 nitrogen and oxygen atoms in total. The molecule has 0 unspecified atom stereocenters. The molecule has 3 aromatic carbocycles. The fourth-order valence-corrected chi connectivity index (χ4v) is 4.35. The van der Waals surface area contributed by atoms with E-state index in [2.05, 4.69) is 5.32 Å². The maximum Gasteiger partial charge on any atom is 0.294 e. The van der Waals surface area contributed by atoms with Crippen LogP contribution in [0.5, 0.6) is 5.75 Å². The predicted molar refractivity (Wildman–Crippen MR) is 132 cm³/mol. The predicted octanol–water partition coefficient (Wildman–Crippen LogP) is 5.96. The van der Waals surface area contributed by atoms with Crippen LogP contribution in [0.1, 0.15) is 18.9 Å². The number of imide groups is 1. The lowest BCUT2D eigenvalue weighted by molar-refractivity contribution is -0.127. The molecule has 0 bridgehead atoms. The monoisotopic (exact) mass is 480 g/mol. The molecule has 1 heterocycles. The average Bonchev–Trinajstić information content (AvgIpc) is 3.07. The van der Waals surface area contributed by atoms with E-state index in [1.165, 1.54) is 0 Å². The van der Waals surface area contributed by atoms with Crippen molar-refractivity contribution in [3.05, 3.63) is 76.2 Å². The van der Waals surface area contributed by atoms with E-state index < -0.39 is 17.1 Å². The highest BCUT2D eigenvalue weighted by Crippen LogP contribution is 2.36. The summed E-state index contributed by atoms with van der Waals surface area (Å²) in [6, 6.07) is 18.2. The molecule has 1 aliphatic heterocycles. The molecule has 0 saturated carbocycles. The maximum atomic E-state index is 13.0. The lowest BCUT2D eigenvalue weighted by Gasteiger charge is -2.13. The van der Waals surface area contributed by atoms with Gasteiger partial charge in [-0.15, -0.1) is 0 Å². The standard InChI is InChI=1S/C25H21ClN2O4S/c1-2-13-32-21-12-7-16-5-3-4-6-19(16)20(21)14-22-24(30)28(25(31)33-22)15-23(29)27-18-10-8-17(26)9-11-18/h3-12,14H,2,13,15H2,1H3,(H,27,29)/b22-14-. The van der Waals surface area contributed by atoms with Crippen LogP contribution in [0.25, 0.3) is 16.8 Å². The van der Waals surface area contributed by atoms with Crippen LogP contribution in [0.3, 0.4) is 0 Å². The van der Waals surface area contributed by atoms with Gasteiger partial charge >= 0.3 is 0 Å². The molecule has 0 radical (unpaired) electrons. The molecule has 1 aliphatic rings. The van der Waals surface area contributed by atoms with Gasteiger partial charge in [0, 0.05) is 16.3 Å². The highest BCUT2D eigenvalue weighted by Gasteiger charge is 2.36. The molecule has 0 spiro atoms. The van der Waals surface area contributed by atoms with E-state index in [-0.39, 0.29) is 11.4 Å². The first kappa shape index (κ1) is 22.9. The van der Waals surface area contributed by atoms with E-state index in [1.54, 1.807) is 30.3 Å². The zero-order valence-corrected chi connectivity index (χ0v) is 19.4. The fraction of sp³-hybridized carbons (Fsp3) is 0.160. The summed E-state index contributed by atoms with van der Waals surface area (Å²) in [5.41, 5.74) is 1.26. The van der Waals surface area contributed by atoms with Gasteiger partial charge in [0.15, 0.2) is 0 Å². The van der Waals surface area contributed by atoms with Crippen molar-refractivity contribution in [2.75, 3.05) is 18.5 Å². The number of hydrogen-bond donors (Lipinski definition) is 1. The molecule has 0 aromatic heterocycles. The van der Waals surface area contributed by atoms with E-state index in [0.29, 0.717) is 23.1 Å². The first-order chi connectivity index (χ1) is 16.0. The third-order valence-electron chi connectivity index (χ3n) is 4.97. The van der Waals surface area contributed by atoms with E-state index >= 15 is 0 Å². The second kappa shape index (κ2) is 10.1. The lowest BCUT2D eigenvalue weighted by atomic mass is 10.0. The van der Waals surface area contributed by atoms with Gasteiger partial charge in [0.05, 0.1) is 11.5 Å². The number of carbonyl (C=O) groups is 3. The topological polar surface area (TPSA) is 75.7 Å². The van der Waals surface area contributed by atoms with Crippen molar-refractivity contribution >= 4 is 63.0 Å². The molecule has 1 saturated heterocycles. The SMILES string of the molecule is CCCOc1ccc2ccccc2c1/C=C1\SC(=O)N(CC(=O)Nc2ccc(Cl)cc2)C1=O. The molecular weight excluding hydrogens is 460 g/mol. The van der Waals surface area contributed by atoms with Crippen LogP contribution in [0.2, 0.25) is 5.02 Å². The number of hydrogen-bond acceptors (Lipinski definition) is 5. The molecule has 8 heteroatoms. The number of fused-ring (bicyclic) bond motifs is 1. The zero-order chi connectivity index (χ0) is 23.4. The van der Waals surface area contributed by atoms with Crippen LogP contribution in [-0.4, -0.2) is 35.1 Å². The van der Waals surface area contributed by atoms with Crippen molar-refractivity contribution < 1.29 is 19.1 Å². The third kappa shape index (κ3) is 5.21. The summed E-state index contributed by atoms with van der Waals surface area (Å²) in [6.45, 7) is 2.17. The van der Waals surface area contributed by atoms with E-state index in [9.17, 15) is 14.4 Å². The molecule has 1 N–H and O–H groups in total. The molecule has 3 aromatic rings. The van der Waals surface area contributed by atoms with Crippen molar-refractivity contribution in [2.24, 2.45) is 0 Å². The fourth-order valence-electron chi connectivity index (χ4n) is 3.41. The van der Waals surface area contributed by atoms with Crippen LogP contribution in [-0.2, 0) is 9.59 Å². The first-order valence-electron chi connectivity index (χ1n) is 10.4. The van der Waals surface area contributed by atoms with Gasteiger partial charge in [-0.3, -0.25) is 19.3 Å². The molecule has 0 aliphatic carbocycles. The minimum atomic E-state index is -0.509. The van der Waals surface area contributed by atoms with Crippen molar-refractivity contribution in [1.29, 1.82) is 0 Å². The second-order valence-corrected chi connectivity index (χ2v) is 8.80. The van der Waals surface area contributed by atoms with Crippen LogP contribution in [0, 0.1) is 0 Å². The number of ether oxygens (including phenoxy) is 1. The summed E-state index contributed by atoms with van der Waals surface area (Å²) in [4.78, 5) is 39.1. The van der Waals surface area contributed by atoms with Gasteiger partial charge in [0.25, 0.3) is 11.1 Å². The minimum Gasteiger partial charge on any atom is -0.493 e. The Labute approximate surface area is 200 Å². The summed E-state index contributed by atoms with van der Waals surface area (Å²) < 4.78 is 5.90. The molecular formula is C25H21ClN2O4S. The quantitative estimate of drug-likeness (QED) is 0.422. The van der Waals surface area contributed by atoms with Gasteiger partial charge in [-0.05, 0) is 65.4 Å². The van der Waals surface area contributed by atoms with Crippen molar-refractivity contribution in [1.82, 2.24) is 4.90 Å². The number of nitrogens with one attached hydrogen (secondary N) is 1. The number of anilines is 1. The van der Waals surface area contributed by atoms with Crippen LogP contribution in [0.4, 0.5) is 10.5 Å². The summed E-state index contributed by atoms with van der Waals surface area (Å²) in [7, 11) is 0. The Hall–Kier alpha value is -3.29. The van der Waals surface area contributed by atoms with E-state index in [0.717, 1.165) is 39.4 Å². The normalized spacial score (nSPS) is 14.8. The maximum absolute atomic E-state index is 13.0. The Balaban J connectivity index is 1.58. The first-order valence-corrected chi connectivity index (χ1v) is 11.6. The zero-order valence-electron chi connectivity index (χ0n) is 17.8. The number of benzene rings is 3. The van der Waals surface area contributed by atoms with Gasteiger partial charge in [-0.1, -0.05) is 48.9 Å². The van der Waals surface area contributed by atoms with Gasteiger partial charge in [0.2, 0.25) is 5.91 Å². The highest BCUT2D eigenvalue weighted by atomic mass is 35.5. The average molecular weight is 481 g/mol.